The first-order chi connectivity index (χ1) is 15.2. The van der Waals surface area contributed by atoms with Crippen LogP contribution in [0.2, 0.25) is 0 Å². The second-order valence-electron chi connectivity index (χ2n) is 8.13. The lowest BCUT2D eigenvalue weighted by Gasteiger charge is -2.14. The minimum Gasteiger partial charge on any atom is -0.494 e. The number of aromatic hydroxyl groups is 1. The average Bonchev–Trinajstić information content (AvgIpc) is 3.41. The Kier molecular flexibility index (Phi) is 5.18. The third kappa shape index (κ3) is 4.05. The van der Waals surface area contributed by atoms with Crippen LogP contribution in [0.15, 0.2) is 77.8 Å². The number of nitrogens with two attached hydrogens (primary N) is 1. The third-order valence-corrected chi connectivity index (χ3v) is 5.87. The van der Waals surface area contributed by atoms with Crippen LogP contribution < -0.4 is 5.73 Å². The monoisotopic (exact) mass is 410 g/mol. The van der Waals surface area contributed by atoms with Gasteiger partial charge < -0.3 is 15.8 Å². The zero-order valence-corrected chi connectivity index (χ0v) is 17.4. The summed E-state index contributed by atoms with van der Waals surface area (Å²) in [7, 11) is 0. The Labute approximate surface area is 181 Å². The lowest BCUT2D eigenvalue weighted by Crippen LogP contribution is -2.18. The minimum atomic E-state index is 0.0915. The third-order valence-electron chi connectivity index (χ3n) is 5.87. The van der Waals surface area contributed by atoms with Gasteiger partial charge in [-0.3, -0.25) is 4.90 Å². The van der Waals surface area contributed by atoms with E-state index in [0.29, 0.717) is 17.0 Å². The fraction of sp³-hybridized carbons (Fsp3) is 0.192. The van der Waals surface area contributed by atoms with Crippen molar-refractivity contribution < 1.29 is 5.11 Å². The first-order valence-electron chi connectivity index (χ1n) is 10.7. The topological polar surface area (TPSA) is 77.6 Å². The first kappa shape index (κ1) is 19.4. The van der Waals surface area contributed by atoms with Gasteiger partial charge in [0.15, 0.2) is 5.88 Å². The molecule has 1 saturated heterocycles. The molecule has 3 aromatic carbocycles. The Morgan fingerprint density at radius 1 is 0.968 bits per heavy atom. The number of nitrogen functional groups attached to an aromatic ring is 1. The molecular formula is C26H26N4O. The van der Waals surface area contributed by atoms with Gasteiger partial charge in [-0.25, -0.2) is 4.99 Å². The standard InChI is InChI=1S/C26H26N4O/c27-20-10-13-23-22(16-20)24(26(31)29-23)25(19-6-2-1-3-7-19)28-21-11-8-18(9-12-21)17-30-14-4-5-15-30/h1-3,6-13,16,29,31H,4-5,14-15,17,27H2. The highest BCUT2D eigenvalue weighted by Gasteiger charge is 2.19. The van der Waals surface area contributed by atoms with Crippen molar-refractivity contribution in [2.45, 2.75) is 19.4 Å². The molecule has 2 heterocycles. The smallest absolute Gasteiger partial charge is 0.199 e. The van der Waals surface area contributed by atoms with Gasteiger partial charge in [-0.15, -0.1) is 0 Å². The molecule has 0 amide bonds. The van der Waals surface area contributed by atoms with E-state index in [0.717, 1.165) is 28.7 Å². The molecular weight excluding hydrogens is 384 g/mol. The maximum atomic E-state index is 10.8. The second kappa shape index (κ2) is 8.28. The molecule has 0 radical (unpaired) electrons. The summed E-state index contributed by atoms with van der Waals surface area (Å²) in [5.74, 6) is 0.0915. The van der Waals surface area contributed by atoms with Crippen LogP contribution in [0.4, 0.5) is 11.4 Å². The van der Waals surface area contributed by atoms with Gasteiger partial charge in [0.1, 0.15) is 0 Å². The lowest BCUT2D eigenvalue weighted by molar-refractivity contribution is 0.331. The molecule has 1 aromatic heterocycles. The summed E-state index contributed by atoms with van der Waals surface area (Å²) in [5.41, 5.74) is 12.0. The predicted molar refractivity (Wildman–Crippen MR) is 127 cm³/mol. The van der Waals surface area contributed by atoms with E-state index in [4.69, 9.17) is 10.7 Å². The zero-order chi connectivity index (χ0) is 21.2. The van der Waals surface area contributed by atoms with Crippen LogP contribution in [0.1, 0.15) is 29.5 Å². The highest BCUT2D eigenvalue weighted by Crippen LogP contribution is 2.32. The first-order valence-corrected chi connectivity index (χ1v) is 10.7. The van der Waals surface area contributed by atoms with Crippen molar-refractivity contribution in [3.63, 3.8) is 0 Å². The normalized spacial score (nSPS) is 15.0. The van der Waals surface area contributed by atoms with E-state index in [9.17, 15) is 5.11 Å². The highest BCUT2D eigenvalue weighted by atomic mass is 16.3. The van der Waals surface area contributed by atoms with E-state index < -0.39 is 0 Å². The molecule has 4 N–H and O–H groups in total. The summed E-state index contributed by atoms with van der Waals surface area (Å²) in [6.07, 6.45) is 2.59. The number of rotatable bonds is 5. The average molecular weight is 411 g/mol. The second-order valence-corrected chi connectivity index (χ2v) is 8.13. The number of fused-ring (bicyclic) bond motifs is 1. The van der Waals surface area contributed by atoms with Crippen LogP contribution in [-0.4, -0.2) is 33.8 Å². The van der Waals surface area contributed by atoms with Crippen molar-refractivity contribution >= 4 is 28.0 Å². The molecule has 1 aliphatic heterocycles. The van der Waals surface area contributed by atoms with E-state index in [2.05, 4.69) is 34.1 Å². The van der Waals surface area contributed by atoms with E-state index in [1.807, 2.05) is 48.5 Å². The molecule has 1 fully saturated rings. The molecule has 5 nitrogen and oxygen atoms in total. The molecule has 5 heteroatoms. The molecule has 0 atom stereocenters. The van der Waals surface area contributed by atoms with E-state index in [1.165, 1.54) is 31.5 Å². The summed E-state index contributed by atoms with van der Waals surface area (Å²) in [5, 5.41) is 11.6. The van der Waals surface area contributed by atoms with E-state index >= 15 is 0 Å². The Morgan fingerprint density at radius 3 is 2.45 bits per heavy atom. The molecule has 5 rings (SSSR count). The molecule has 0 spiro atoms. The lowest BCUT2D eigenvalue weighted by atomic mass is 10.0. The number of benzene rings is 3. The van der Waals surface area contributed by atoms with Crippen LogP contribution in [0.3, 0.4) is 0 Å². The molecule has 0 aliphatic carbocycles. The quantitative estimate of drug-likeness (QED) is 0.312. The van der Waals surface area contributed by atoms with Crippen LogP contribution in [-0.2, 0) is 6.54 Å². The molecule has 1 aliphatic rings. The van der Waals surface area contributed by atoms with Crippen molar-refractivity contribution in [3.8, 4) is 5.88 Å². The highest BCUT2D eigenvalue weighted by molar-refractivity contribution is 6.22. The van der Waals surface area contributed by atoms with Crippen molar-refractivity contribution in [2.24, 2.45) is 4.99 Å². The van der Waals surface area contributed by atoms with Crippen LogP contribution in [0.5, 0.6) is 5.88 Å². The largest absolute Gasteiger partial charge is 0.494 e. The molecule has 0 saturated carbocycles. The summed E-state index contributed by atoms with van der Waals surface area (Å²) < 4.78 is 0. The summed E-state index contributed by atoms with van der Waals surface area (Å²) in [6.45, 7) is 3.35. The Hall–Kier alpha value is -3.57. The number of nitrogens with zero attached hydrogens (tertiary/aromatic N) is 2. The SMILES string of the molecule is Nc1ccc2[nH]c(O)c(C(=Nc3ccc(CN4CCCC4)cc3)c3ccccc3)c2c1. The van der Waals surface area contributed by atoms with Gasteiger partial charge in [-0.2, -0.15) is 0 Å². The van der Waals surface area contributed by atoms with Crippen LogP contribution in [0, 0.1) is 0 Å². The molecule has 156 valence electrons. The van der Waals surface area contributed by atoms with Crippen LogP contribution >= 0.6 is 0 Å². The zero-order valence-electron chi connectivity index (χ0n) is 17.4. The number of nitrogens with one attached hydrogen (secondary N) is 1. The van der Waals surface area contributed by atoms with E-state index in [-0.39, 0.29) is 5.88 Å². The van der Waals surface area contributed by atoms with Gasteiger partial charge in [0.05, 0.1) is 17.0 Å². The maximum Gasteiger partial charge on any atom is 0.199 e. The number of aromatic amines is 1. The predicted octanol–water partition coefficient (Wildman–Crippen LogP) is 5.22. The maximum absolute atomic E-state index is 10.8. The van der Waals surface area contributed by atoms with Gasteiger partial charge in [0, 0.05) is 28.7 Å². The van der Waals surface area contributed by atoms with Gasteiger partial charge >= 0.3 is 0 Å². The number of hydrogen-bond donors (Lipinski definition) is 3. The van der Waals surface area contributed by atoms with Gasteiger partial charge in [0.25, 0.3) is 0 Å². The number of aliphatic imine (C=N–C) groups is 1. The number of H-pyrrole nitrogens is 1. The molecule has 31 heavy (non-hydrogen) atoms. The minimum absolute atomic E-state index is 0.0915. The molecule has 0 unspecified atom stereocenters. The van der Waals surface area contributed by atoms with Crippen molar-refractivity contribution in [3.05, 3.63) is 89.5 Å². The molecule has 0 bridgehead atoms. The van der Waals surface area contributed by atoms with Crippen molar-refractivity contribution in [1.82, 2.24) is 9.88 Å². The van der Waals surface area contributed by atoms with Gasteiger partial charge in [-0.05, 0) is 61.8 Å². The van der Waals surface area contributed by atoms with Crippen molar-refractivity contribution in [2.75, 3.05) is 18.8 Å². The number of likely N-dealkylation sites (tertiary alicyclic amines) is 1. The summed E-state index contributed by atoms with van der Waals surface area (Å²) in [6, 6.07) is 23.9. The summed E-state index contributed by atoms with van der Waals surface area (Å²) in [4.78, 5) is 10.5. The number of hydrogen-bond acceptors (Lipinski definition) is 4. The Bertz CT molecular complexity index is 1220. The van der Waals surface area contributed by atoms with E-state index in [1.54, 1.807) is 0 Å². The summed E-state index contributed by atoms with van der Waals surface area (Å²) >= 11 is 0. The number of anilines is 1. The fourth-order valence-corrected chi connectivity index (χ4v) is 4.30. The van der Waals surface area contributed by atoms with Crippen LogP contribution in [0.25, 0.3) is 10.9 Å². The Morgan fingerprint density at radius 2 is 1.71 bits per heavy atom. The molecule has 4 aromatic rings. The van der Waals surface area contributed by atoms with Gasteiger partial charge in [0.2, 0.25) is 0 Å². The van der Waals surface area contributed by atoms with Crippen molar-refractivity contribution in [1.29, 1.82) is 0 Å². The Balaban J connectivity index is 1.57. The number of aromatic nitrogens is 1. The van der Waals surface area contributed by atoms with Gasteiger partial charge in [-0.1, -0.05) is 42.5 Å². The fourth-order valence-electron chi connectivity index (χ4n) is 4.30.